The van der Waals surface area contributed by atoms with Crippen LogP contribution in [0.5, 0.6) is 0 Å². The van der Waals surface area contributed by atoms with Crippen LogP contribution >= 0.6 is 11.3 Å². The molecule has 0 aliphatic carbocycles. The molecular formula is C15H21N5O2S. The number of hydrogen-bond donors (Lipinski definition) is 0. The Kier molecular flexibility index (Phi) is 5.15. The number of nitrogens with zero attached hydrogens (tertiary/aromatic N) is 5. The molecule has 0 aliphatic rings. The van der Waals surface area contributed by atoms with E-state index < -0.39 is 0 Å². The maximum Gasteiger partial charge on any atom is 0.269 e. The molecule has 0 spiro atoms. The van der Waals surface area contributed by atoms with Crippen molar-refractivity contribution in [2.75, 3.05) is 26.0 Å². The molecule has 0 aromatic carbocycles. The van der Waals surface area contributed by atoms with Gasteiger partial charge in [-0.2, -0.15) is 5.10 Å². The standard InChI is InChI=1S/C15H21N5O2S/c1-10-9-23-15(17-10)11(2)19(5)14(22)8-20-13(21)6-12(7-16-20)18(3)4/h6-7,9,11H,8H2,1-5H3/t11-/m1/s1. The lowest BCUT2D eigenvalue weighted by molar-refractivity contribution is -0.132. The maximum atomic E-state index is 12.4. The van der Waals surface area contributed by atoms with Crippen molar-refractivity contribution in [3.63, 3.8) is 0 Å². The smallest absolute Gasteiger partial charge is 0.269 e. The summed E-state index contributed by atoms with van der Waals surface area (Å²) in [5.41, 5.74) is 1.35. The number of carbonyl (C=O) groups excluding carboxylic acids is 1. The summed E-state index contributed by atoms with van der Waals surface area (Å²) in [6.07, 6.45) is 1.57. The van der Waals surface area contributed by atoms with Gasteiger partial charge in [0.15, 0.2) is 0 Å². The van der Waals surface area contributed by atoms with Crippen LogP contribution in [0, 0.1) is 6.92 Å². The van der Waals surface area contributed by atoms with Crippen LogP contribution in [-0.4, -0.2) is 46.7 Å². The molecule has 0 saturated carbocycles. The van der Waals surface area contributed by atoms with Crippen molar-refractivity contribution in [1.82, 2.24) is 19.7 Å². The SMILES string of the molecule is Cc1csc([C@@H](C)N(C)C(=O)Cn2ncc(N(C)C)cc2=O)n1. The van der Waals surface area contributed by atoms with E-state index in [0.717, 1.165) is 10.7 Å². The zero-order valence-corrected chi connectivity index (χ0v) is 14.8. The fourth-order valence-electron chi connectivity index (χ4n) is 1.97. The van der Waals surface area contributed by atoms with Crippen LogP contribution in [0.15, 0.2) is 22.4 Å². The number of aryl methyl sites for hydroxylation is 1. The first-order valence-corrected chi connectivity index (χ1v) is 8.09. The number of likely N-dealkylation sites (N-methyl/N-ethyl adjacent to an activating group) is 1. The molecule has 7 nitrogen and oxygen atoms in total. The summed E-state index contributed by atoms with van der Waals surface area (Å²) in [6, 6.07) is 1.33. The van der Waals surface area contributed by atoms with Gasteiger partial charge in [-0.1, -0.05) is 0 Å². The van der Waals surface area contributed by atoms with Gasteiger partial charge in [-0.15, -0.1) is 11.3 Å². The zero-order valence-electron chi connectivity index (χ0n) is 14.0. The summed E-state index contributed by atoms with van der Waals surface area (Å²) < 4.78 is 1.17. The molecule has 0 aliphatic heterocycles. The van der Waals surface area contributed by atoms with Gasteiger partial charge in [0.1, 0.15) is 11.6 Å². The van der Waals surface area contributed by atoms with Crippen molar-refractivity contribution in [1.29, 1.82) is 0 Å². The summed E-state index contributed by atoms with van der Waals surface area (Å²) in [4.78, 5) is 32.2. The first-order valence-electron chi connectivity index (χ1n) is 7.21. The monoisotopic (exact) mass is 335 g/mol. The van der Waals surface area contributed by atoms with Gasteiger partial charge in [-0.25, -0.2) is 9.67 Å². The summed E-state index contributed by atoms with van der Waals surface area (Å²) in [5.74, 6) is -0.183. The Morgan fingerprint density at radius 1 is 1.39 bits per heavy atom. The average molecular weight is 335 g/mol. The van der Waals surface area contributed by atoms with E-state index in [1.807, 2.05) is 33.3 Å². The van der Waals surface area contributed by atoms with E-state index in [2.05, 4.69) is 10.1 Å². The number of rotatable bonds is 5. The highest BCUT2D eigenvalue weighted by molar-refractivity contribution is 7.09. The highest BCUT2D eigenvalue weighted by atomic mass is 32.1. The number of thiazole rings is 1. The van der Waals surface area contributed by atoms with Crippen molar-refractivity contribution >= 4 is 22.9 Å². The Morgan fingerprint density at radius 3 is 2.61 bits per heavy atom. The zero-order chi connectivity index (χ0) is 17.1. The third-order valence-electron chi connectivity index (χ3n) is 3.63. The van der Waals surface area contributed by atoms with Crippen molar-refractivity contribution in [2.24, 2.45) is 0 Å². The Balaban J connectivity index is 2.11. The second kappa shape index (κ2) is 6.91. The van der Waals surface area contributed by atoms with E-state index in [1.54, 1.807) is 23.0 Å². The molecule has 0 unspecified atom stereocenters. The van der Waals surface area contributed by atoms with Gasteiger partial charge in [0, 0.05) is 38.3 Å². The highest BCUT2D eigenvalue weighted by Gasteiger charge is 2.20. The van der Waals surface area contributed by atoms with Crippen LogP contribution in [0.2, 0.25) is 0 Å². The Morgan fingerprint density at radius 2 is 2.09 bits per heavy atom. The van der Waals surface area contributed by atoms with Gasteiger partial charge in [0.2, 0.25) is 5.91 Å². The molecule has 23 heavy (non-hydrogen) atoms. The van der Waals surface area contributed by atoms with Crippen molar-refractivity contribution in [2.45, 2.75) is 26.4 Å². The summed E-state index contributed by atoms with van der Waals surface area (Å²) >= 11 is 1.52. The second-order valence-corrected chi connectivity index (χ2v) is 6.50. The Labute approximate surface area is 139 Å². The van der Waals surface area contributed by atoms with Gasteiger partial charge >= 0.3 is 0 Å². The fraction of sp³-hybridized carbons (Fsp3) is 0.467. The van der Waals surface area contributed by atoms with Gasteiger partial charge in [-0.05, 0) is 13.8 Å². The minimum Gasteiger partial charge on any atom is -0.376 e. The Hall–Kier alpha value is -2.22. The molecule has 2 aromatic rings. The fourth-order valence-corrected chi connectivity index (χ4v) is 2.87. The van der Waals surface area contributed by atoms with Crippen LogP contribution in [0.4, 0.5) is 5.69 Å². The Bertz CT molecular complexity index is 752. The van der Waals surface area contributed by atoms with E-state index in [9.17, 15) is 9.59 Å². The second-order valence-electron chi connectivity index (χ2n) is 5.61. The largest absolute Gasteiger partial charge is 0.376 e. The number of amides is 1. The average Bonchev–Trinajstić information content (AvgIpc) is 2.94. The minimum absolute atomic E-state index is 0.0856. The predicted octanol–water partition coefficient (Wildman–Crippen LogP) is 1.29. The molecule has 1 amide bonds. The van der Waals surface area contributed by atoms with E-state index in [0.29, 0.717) is 5.69 Å². The molecule has 2 rings (SSSR count). The van der Waals surface area contributed by atoms with Gasteiger partial charge < -0.3 is 9.80 Å². The number of hydrogen-bond acceptors (Lipinski definition) is 6. The van der Waals surface area contributed by atoms with Crippen LogP contribution < -0.4 is 10.5 Å². The molecular weight excluding hydrogens is 314 g/mol. The molecule has 2 heterocycles. The molecule has 8 heteroatoms. The van der Waals surface area contributed by atoms with E-state index >= 15 is 0 Å². The summed E-state index contributed by atoms with van der Waals surface area (Å²) in [7, 11) is 5.37. The van der Waals surface area contributed by atoms with Crippen molar-refractivity contribution in [3.05, 3.63) is 38.7 Å². The molecule has 124 valence electrons. The van der Waals surface area contributed by atoms with E-state index in [1.165, 1.54) is 22.1 Å². The maximum absolute atomic E-state index is 12.4. The lowest BCUT2D eigenvalue weighted by Crippen LogP contribution is -2.36. The number of carbonyl (C=O) groups is 1. The van der Waals surface area contributed by atoms with Crippen molar-refractivity contribution in [3.8, 4) is 0 Å². The number of anilines is 1. The summed E-state index contributed by atoms with van der Waals surface area (Å²) in [5, 5.41) is 6.89. The lowest BCUT2D eigenvalue weighted by atomic mass is 10.3. The predicted molar refractivity (Wildman–Crippen MR) is 90.9 cm³/mol. The van der Waals surface area contributed by atoms with Gasteiger partial charge in [0.05, 0.1) is 17.9 Å². The van der Waals surface area contributed by atoms with Crippen molar-refractivity contribution < 1.29 is 4.79 Å². The quantitative estimate of drug-likeness (QED) is 0.823. The van der Waals surface area contributed by atoms with Crippen LogP contribution in [-0.2, 0) is 11.3 Å². The molecule has 1 atom stereocenters. The highest BCUT2D eigenvalue weighted by Crippen LogP contribution is 2.22. The first-order chi connectivity index (χ1) is 10.8. The molecule has 0 radical (unpaired) electrons. The summed E-state index contributed by atoms with van der Waals surface area (Å²) in [6.45, 7) is 3.75. The first kappa shape index (κ1) is 17.1. The normalized spacial score (nSPS) is 12.0. The van der Waals surface area contributed by atoms with Crippen LogP contribution in [0.1, 0.15) is 23.7 Å². The molecule has 0 saturated heterocycles. The van der Waals surface area contributed by atoms with Gasteiger partial charge in [0.25, 0.3) is 5.56 Å². The topological polar surface area (TPSA) is 71.3 Å². The minimum atomic E-state index is -0.296. The van der Waals surface area contributed by atoms with Crippen LogP contribution in [0.3, 0.4) is 0 Å². The molecule has 0 fully saturated rings. The van der Waals surface area contributed by atoms with E-state index in [4.69, 9.17) is 0 Å². The third kappa shape index (κ3) is 3.95. The number of aromatic nitrogens is 3. The van der Waals surface area contributed by atoms with Crippen LogP contribution in [0.25, 0.3) is 0 Å². The lowest BCUT2D eigenvalue weighted by Gasteiger charge is -2.23. The molecule has 2 aromatic heterocycles. The molecule has 0 N–H and O–H groups in total. The van der Waals surface area contributed by atoms with E-state index in [-0.39, 0.29) is 24.1 Å². The molecule has 0 bridgehead atoms. The van der Waals surface area contributed by atoms with Gasteiger partial charge in [-0.3, -0.25) is 9.59 Å². The third-order valence-corrected chi connectivity index (χ3v) is 4.76.